The van der Waals surface area contributed by atoms with E-state index >= 15 is 0 Å². The van der Waals surface area contributed by atoms with Gasteiger partial charge in [-0.05, 0) is 30.7 Å². The van der Waals surface area contributed by atoms with Gasteiger partial charge in [0.05, 0.1) is 12.4 Å². The number of rotatable bonds is 8. The monoisotopic (exact) mass is 349 g/mol. The van der Waals surface area contributed by atoms with Crippen LogP contribution in [0.4, 0.5) is 0 Å². The van der Waals surface area contributed by atoms with Crippen LogP contribution in [0.3, 0.4) is 0 Å². The van der Waals surface area contributed by atoms with Gasteiger partial charge in [-0.3, -0.25) is 4.79 Å². The maximum absolute atomic E-state index is 11.9. The number of nitrogens with one attached hydrogen (secondary N) is 1. The Bertz CT molecular complexity index is 631. The summed E-state index contributed by atoms with van der Waals surface area (Å²) in [6.07, 6.45) is 0. The molecule has 0 aromatic heterocycles. The van der Waals surface area contributed by atoms with E-state index < -0.39 is 0 Å². The summed E-state index contributed by atoms with van der Waals surface area (Å²) < 4.78 is 5.55. The van der Waals surface area contributed by atoms with Crippen molar-refractivity contribution in [2.24, 2.45) is 0 Å². The Hall–Kier alpha value is -1.65. The van der Waals surface area contributed by atoms with Gasteiger partial charge in [0.25, 0.3) is 0 Å². The molecular weight excluding hydrogens is 330 g/mol. The van der Waals surface area contributed by atoms with Gasteiger partial charge < -0.3 is 10.1 Å². The molecule has 122 valence electrons. The fourth-order valence-corrected chi connectivity index (χ4v) is 2.98. The zero-order chi connectivity index (χ0) is 16.5. The predicted molar refractivity (Wildman–Crippen MR) is 97.1 cm³/mol. The molecule has 0 atom stereocenters. The van der Waals surface area contributed by atoms with Crippen LogP contribution in [-0.4, -0.2) is 18.3 Å². The summed E-state index contributed by atoms with van der Waals surface area (Å²) in [5.41, 5.74) is 2.15. The topological polar surface area (TPSA) is 38.3 Å². The van der Waals surface area contributed by atoms with Crippen molar-refractivity contribution < 1.29 is 9.53 Å². The average Bonchev–Trinajstić information content (AvgIpc) is 2.56. The zero-order valence-electron chi connectivity index (χ0n) is 13.0. The number of halogens is 1. The number of amides is 1. The largest absolute Gasteiger partial charge is 0.494 e. The Morgan fingerprint density at radius 1 is 1.17 bits per heavy atom. The van der Waals surface area contributed by atoms with Crippen molar-refractivity contribution in [3.63, 3.8) is 0 Å². The Morgan fingerprint density at radius 3 is 2.65 bits per heavy atom. The molecule has 0 bridgehead atoms. The lowest BCUT2D eigenvalue weighted by Gasteiger charge is -2.11. The van der Waals surface area contributed by atoms with E-state index in [1.807, 2.05) is 55.5 Å². The van der Waals surface area contributed by atoms with E-state index in [-0.39, 0.29) is 5.91 Å². The van der Waals surface area contributed by atoms with Gasteiger partial charge in [0, 0.05) is 22.9 Å². The maximum Gasteiger partial charge on any atom is 0.230 e. The molecule has 0 aliphatic carbocycles. The summed E-state index contributed by atoms with van der Waals surface area (Å²) in [7, 11) is 0. The van der Waals surface area contributed by atoms with Crippen LogP contribution < -0.4 is 10.1 Å². The van der Waals surface area contributed by atoms with Crippen molar-refractivity contribution in [2.45, 2.75) is 19.2 Å². The molecule has 5 heteroatoms. The minimum absolute atomic E-state index is 0.0234. The van der Waals surface area contributed by atoms with Gasteiger partial charge in [-0.1, -0.05) is 41.9 Å². The van der Waals surface area contributed by atoms with E-state index in [0.717, 1.165) is 27.7 Å². The van der Waals surface area contributed by atoms with E-state index in [2.05, 4.69) is 5.32 Å². The Balaban J connectivity index is 1.74. The van der Waals surface area contributed by atoms with Crippen molar-refractivity contribution in [1.82, 2.24) is 5.32 Å². The second-order valence-corrected chi connectivity index (χ2v) is 6.36. The lowest BCUT2D eigenvalue weighted by atomic mass is 10.2. The van der Waals surface area contributed by atoms with E-state index in [4.69, 9.17) is 16.3 Å². The second-order valence-electron chi connectivity index (χ2n) is 4.94. The van der Waals surface area contributed by atoms with Gasteiger partial charge in [0.15, 0.2) is 0 Å². The number of carbonyl (C=O) groups is 1. The van der Waals surface area contributed by atoms with E-state index in [1.165, 1.54) is 0 Å². The lowest BCUT2D eigenvalue weighted by Crippen LogP contribution is -2.24. The number of hydrogen-bond acceptors (Lipinski definition) is 3. The molecule has 0 aliphatic rings. The molecule has 2 rings (SSSR count). The Morgan fingerprint density at radius 2 is 1.91 bits per heavy atom. The van der Waals surface area contributed by atoms with Gasteiger partial charge in [-0.25, -0.2) is 0 Å². The molecule has 0 heterocycles. The second kappa shape index (κ2) is 9.48. The van der Waals surface area contributed by atoms with Gasteiger partial charge in [-0.2, -0.15) is 0 Å². The van der Waals surface area contributed by atoms with Crippen molar-refractivity contribution in [3.05, 3.63) is 64.7 Å². The van der Waals surface area contributed by atoms with Crippen LogP contribution in [0.2, 0.25) is 5.02 Å². The van der Waals surface area contributed by atoms with Crippen LogP contribution in [0.1, 0.15) is 18.1 Å². The van der Waals surface area contributed by atoms with Crippen LogP contribution in [0.25, 0.3) is 0 Å². The Kier molecular flexibility index (Phi) is 7.30. The van der Waals surface area contributed by atoms with Gasteiger partial charge in [0.2, 0.25) is 5.91 Å². The van der Waals surface area contributed by atoms with E-state index in [1.54, 1.807) is 11.8 Å². The van der Waals surface area contributed by atoms with Gasteiger partial charge >= 0.3 is 0 Å². The molecule has 2 aromatic carbocycles. The molecule has 0 aliphatic heterocycles. The number of carbonyl (C=O) groups excluding carboxylic acids is 1. The number of thioether (sulfide) groups is 1. The van der Waals surface area contributed by atoms with Crippen LogP contribution >= 0.6 is 23.4 Å². The number of para-hydroxylation sites is 1. The maximum atomic E-state index is 11.9. The van der Waals surface area contributed by atoms with Crippen molar-refractivity contribution in [1.29, 1.82) is 0 Å². The third kappa shape index (κ3) is 6.16. The molecule has 0 fully saturated rings. The molecule has 0 saturated heterocycles. The highest BCUT2D eigenvalue weighted by Crippen LogP contribution is 2.18. The summed E-state index contributed by atoms with van der Waals surface area (Å²) >= 11 is 7.43. The first-order chi connectivity index (χ1) is 11.2. The van der Waals surface area contributed by atoms with Crippen LogP contribution in [0.5, 0.6) is 5.75 Å². The highest BCUT2D eigenvalue weighted by atomic mass is 35.5. The van der Waals surface area contributed by atoms with Crippen molar-refractivity contribution >= 4 is 29.3 Å². The highest BCUT2D eigenvalue weighted by molar-refractivity contribution is 7.99. The molecule has 0 saturated carbocycles. The minimum Gasteiger partial charge on any atom is -0.494 e. The number of ether oxygens (including phenoxy) is 1. The fraction of sp³-hybridized carbons (Fsp3) is 0.278. The normalized spacial score (nSPS) is 10.3. The molecule has 1 amide bonds. The van der Waals surface area contributed by atoms with Crippen molar-refractivity contribution in [2.75, 3.05) is 12.4 Å². The standard InChI is InChI=1S/C18H20ClNO2S/c1-2-22-17-6-4-3-5-15(17)11-20-18(21)13-23-12-14-7-9-16(19)10-8-14/h3-10H,2,11-13H2,1H3,(H,20,21). The lowest BCUT2D eigenvalue weighted by molar-refractivity contribution is -0.118. The first-order valence-corrected chi connectivity index (χ1v) is 9.02. The van der Waals surface area contributed by atoms with Crippen LogP contribution in [0, 0.1) is 0 Å². The minimum atomic E-state index is 0.0234. The summed E-state index contributed by atoms with van der Waals surface area (Å²) in [4.78, 5) is 11.9. The van der Waals surface area contributed by atoms with Crippen LogP contribution in [0.15, 0.2) is 48.5 Å². The fourth-order valence-electron chi connectivity index (χ4n) is 2.03. The average molecular weight is 350 g/mol. The summed E-state index contributed by atoms with van der Waals surface area (Å²) in [5, 5.41) is 3.66. The highest BCUT2D eigenvalue weighted by Gasteiger charge is 2.06. The molecule has 2 aromatic rings. The first kappa shape index (κ1) is 17.7. The van der Waals surface area contributed by atoms with Gasteiger partial charge in [0.1, 0.15) is 5.75 Å². The van der Waals surface area contributed by atoms with E-state index in [9.17, 15) is 4.79 Å². The Labute approximate surface area is 146 Å². The molecule has 1 N–H and O–H groups in total. The molecule has 0 unspecified atom stereocenters. The van der Waals surface area contributed by atoms with E-state index in [0.29, 0.717) is 18.9 Å². The summed E-state index contributed by atoms with van der Waals surface area (Å²) in [6, 6.07) is 15.4. The molecule has 0 radical (unpaired) electrons. The third-order valence-corrected chi connectivity index (χ3v) is 4.42. The smallest absolute Gasteiger partial charge is 0.230 e. The SMILES string of the molecule is CCOc1ccccc1CNC(=O)CSCc1ccc(Cl)cc1. The first-order valence-electron chi connectivity index (χ1n) is 7.48. The molecule has 23 heavy (non-hydrogen) atoms. The number of hydrogen-bond donors (Lipinski definition) is 1. The van der Waals surface area contributed by atoms with Gasteiger partial charge in [-0.15, -0.1) is 11.8 Å². The third-order valence-electron chi connectivity index (χ3n) is 3.16. The molecule has 0 spiro atoms. The molecule has 3 nitrogen and oxygen atoms in total. The molecular formula is C18H20ClNO2S. The quantitative estimate of drug-likeness (QED) is 0.772. The predicted octanol–water partition coefficient (Wildman–Crippen LogP) is 4.29. The van der Waals surface area contributed by atoms with Crippen molar-refractivity contribution in [3.8, 4) is 5.75 Å². The van der Waals surface area contributed by atoms with Crippen LogP contribution in [-0.2, 0) is 17.1 Å². The number of benzene rings is 2. The summed E-state index contributed by atoms with van der Waals surface area (Å²) in [5.74, 6) is 2.07. The zero-order valence-corrected chi connectivity index (χ0v) is 14.6. The summed E-state index contributed by atoms with van der Waals surface area (Å²) in [6.45, 7) is 3.04.